The molecule has 1 saturated heterocycles. The summed E-state index contributed by atoms with van der Waals surface area (Å²) in [4.78, 5) is 16.5. The van der Waals surface area contributed by atoms with E-state index >= 15 is 0 Å². The van der Waals surface area contributed by atoms with Crippen LogP contribution >= 0.6 is 23.4 Å². The van der Waals surface area contributed by atoms with Crippen LogP contribution in [-0.4, -0.2) is 62.9 Å². The van der Waals surface area contributed by atoms with Crippen LogP contribution in [0.5, 0.6) is 0 Å². The van der Waals surface area contributed by atoms with Gasteiger partial charge in [0.05, 0.1) is 5.75 Å². The minimum atomic E-state index is 0.122. The van der Waals surface area contributed by atoms with Gasteiger partial charge in [-0.1, -0.05) is 29.4 Å². The molecule has 2 heterocycles. The van der Waals surface area contributed by atoms with Crippen molar-refractivity contribution in [1.29, 1.82) is 0 Å². The van der Waals surface area contributed by atoms with E-state index in [1.165, 1.54) is 11.8 Å². The lowest BCUT2D eigenvalue weighted by molar-refractivity contribution is -0.128. The number of nitrogens with zero attached hydrogens (tertiary/aromatic N) is 6. The van der Waals surface area contributed by atoms with E-state index in [0.29, 0.717) is 30.5 Å². The number of thioether (sulfide) groups is 1. The largest absolute Gasteiger partial charge is 0.368 e. The van der Waals surface area contributed by atoms with Gasteiger partial charge in [0.15, 0.2) is 0 Å². The van der Waals surface area contributed by atoms with Gasteiger partial charge in [-0.3, -0.25) is 4.79 Å². The van der Waals surface area contributed by atoms with Crippen LogP contribution in [0.2, 0.25) is 5.02 Å². The van der Waals surface area contributed by atoms with Crippen molar-refractivity contribution in [1.82, 2.24) is 25.1 Å². The molecule has 0 atom stereocenters. The zero-order valence-electron chi connectivity index (χ0n) is 13.4. The number of halogens is 1. The van der Waals surface area contributed by atoms with Crippen LogP contribution in [0.25, 0.3) is 0 Å². The highest BCUT2D eigenvalue weighted by molar-refractivity contribution is 7.99. The van der Waals surface area contributed by atoms with E-state index in [-0.39, 0.29) is 5.91 Å². The molecule has 1 aromatic heterocycles. The molecule has 0 N–H and O–H groups in total. The van der Waals surface area contributed by atoms with Crippen molar-refractivity contribution in [2.75, 3.05) is 36.8 Å². The van der Waals surface area contributed by atoms with Gasteiger partial charge >= 0.3 is 0 Å². The molecule has 1 fully saturated rings. The SMILES string of the molecule is CCn1nnnc1SCC(=O)N1CCN(c2cccc(Cl)c2)CC1. The summed E-state index contributed by atoms with van der Waals surface area (Å²) in [6.45, 7) is 5.71. The second kappa shape index (κ2) is 7.85. The number of benzene rings is 1. The van der Waals surface area contributed by atoms with Gasteiger partial charge in [0.2, 0.25) is 11.1 Å². The normalized spacial score (nSPS) is 14.9. The van der Waals surface area contributed by atoms with E-state index in [4.69, 9.17) is 11.6 Å². The first-order valence-corrected chi connectivity index (χ1v) is 9.21. The van der Waals surface area contributed by atoms with Crippen molar-refractivity contribution < 1.29 is 4.79 Å². The van der Waals surface area contributed by atoms with Crippen LogP contribution in [0.1, 0.15) is 6.92 Å². The molecule has 0 aliphatic carbocycles. The zero-order chi connectivity index (χ0) is 16.9. The standard InChI is InChI=1S/C15H19ClN6OS/c1-2-22-15(17-18-19-22)24-11-14(23)21-8-6-20(7-9-21)13-5-3-4-12(16)10-13/h3-5,10H,2,6-9,11H2,1H3. The maximum absolute atomic E-state index is 12.4. The van der Waals surface area contributed by atoms with Gasteiger partial charge in [-0.05, 0) is 35.5 Å². The first kappa shape index (κ1) is 17.0. The Kier molecular flexibility index (Phi) is 5.57. The number of hydrogen-bond acceptors (Lipinski definition) is 6. The van der Waals surface area contributed by atoms with Crippen molar-refractivity contribution in [2.45, 2.75) is 18.6 Å². The van der Waals surface area contributed by atoms with Gasteiger partial charge in [0.25, 0.3) is 0 Å². The summed E-state index contributed by atoms with van der Waals surface area (Å²) < 4.78 is 1.69. The molecule has 7 nitrogen and oxygen atoms in total. The molecule has 1 aliphatic heterocycles. The van der Waals surface area contributed by atoms with Crippen molar-refractivity contribution in [3.63, 3.8) is 0 Å². The van der Waals surface area contributed by atoms with E-state index in [2.05, 4.69) is 20.4 Å². The minimum absolute atomic E-state index is 0.122. The van der Waals surface area contributed by atoms with E-state index in [0.717, 1.165) is 23.8 Å². The van der Waals surface area contributed by atoms with Crippen molar-refractivity contribution >= 4 is 35.0 Å². The molecule has 128 valence electrons. The van der Waals surface area contributed by atoms with Gasteiger partial charge < -0.3 is 9.80 Å². The maximum Gasteiger partial charge on any atom is 0.233 e. The van der Waals surface area contributed by atoms with Gasteiger partial charge in [0.1, 0.15) is 0 Å². The Hall–Kier alpha value is -1.80. The Labute approximate surface area is 149 Å². The summed E-state index contributed by atoms with van der Waals surface area (Å²) in [5, 5.41) is 12.9. The summed E-state index contributed by atoms with van der Waals surface area (Å²) in [6, 6.07) is 7.82. The predicted octanol–water partition coefficient (Wildman–Crippen LogP) is 1.79. The third-order valence-electron chi connectivity index (χ3n) is 3.93. The molecule has 0 bridgehead atoms. The number of carbonyl (C=O) groups is 1. The molecular weight excluding hydrogens is 348 g/mol. The number of anilines is 1. The number of carbonyl (C=O) groups excluding carboxylic acids is 1. The predicted molar refractivity (Wildman–Crippen MR) is 94.5 cm³/mol. The molecule has 3 rings (SSSR count). The Balaban J connectivity index is 1.50. The number of aryl methyl sites for hydroxylation is 1. The average Bonchev–Trinajstić information content (AvgIpc) is 3.07. The third-order valence-corrected chi connectivity index (χ3v) is 5.11. The van der Waals surface area contributed by atoms with E-state index < -0.39 is 0 Å². The summed E-state index contributed by atoms with van der Waals surface area (Å²) in [5.41, 5.74) is 1.10. The quantitative estimate of drug-likeness (QED) is 0.751. The maximum atomic E-state index is 12.4. The van der Waals surface area contributed by atoms with Crippen LogP contribution in [0.3, 0.4) is 0 Å². The Morgan fingerprint density at radius 2 is 2.08 bits per heavy atom. The molecule has 2 aromatic rings. The molecule has 0 saturated carbocycles. The van der Waals surface area contributed by atoms with Crippen molar-refractivity contribution in [2.24, 2.45) is 0 Å². The number of hydrogen-bond donors (Lipinski definition) is 0. The highest BCUT2D eigenvalue weighted by Crippen LogP contribution is 2.21. The van der Waals surface area contributed by atoms with Gasteiger partial charge in [-0.25, -0.2) is 4.68 Å². The molecular formula is C15H19ClN6OS. The summed E-state index contributed by atoms with van der Waals surface area (Å²) in [7, 11) is 0. The fraction of sp³-hybridized carbons (Fsp3) is 0.467. The highest BCUT2D eigenvalue weighted by atomic mass is 35.5. The molecule has 1 aromatic carbocycles. The third kappa shape index (κ3) is 3.99. The topological polar surface area (TPSA) is 67.2 Å². The second-order valence-electron chi connectivity index (χ2n) is 5.41. The van der Waals surface area contributed by atoms with Crippen LogP contribution in [0.15, 0.2) is 29.4 Å². The molecule has 9 heteroatoms. The Morgan fingerprint density at radius 1 is 1.29 bits per heavy atom. The zero-order valence-corrected chi connectivity index (χ0v) is 15.0. The van der Waals surface area contributed by atoms with Gasteiger partial charge in [-0.15, -0.1) is 5.10 Å². The fourth-order valence-corrected chi connectivity index (χ4v) is 3.63. The molecule has 24 heavy (non-hydrogen) atoms. The van der Waals surface area contributed by atoms with Crippen molar-refractivity contribution in [3.05, 3.63) is 29.3 Å². The van der Waals surface area contributed by atoms with Crippen molar-refractivity contribution in [3.8, 4) is 0 Å². The van der Waals surface area contributed by atoms with Crippen LogP contribution in [0, 0.1) is 0 Å². The number of aromatic nitrogens is 4. The van der Waals surface area contributed by atoms with Crippen LogP contribution < -0.4 is 4.90 Å². The number of tetrazole rings is 1. The number of piperazine rings is 1. The Morgan fingerprint density at radius 3 is 2.79 bits per heavy atom. The van der Waals surface area contributed by atoms with Gasteiger partial charge in [-0.2, -0.15) is 0 Å². The smallest absolute Gasteiger partial charge is 0.233 e. The lowest BCUT2D eigenvalue weighted by atomic mass is 10.2. The Bertz CT molecular complexity index is 701. The first-order chi connectivity index (χ1) is 11.7. The first-order valence-electron chi connectivity index (χ1n) is 7.84. The minimum Gasteiger partial charge on any atom is -0.368 e. The van der Waals surface area contributed by atoms with Crippen LogP contribution in [-0.2, 0) is 11.3 Å². The number of rotatable bonds is 5. The van der Waals surface area contributed by atoms with E-state index in [1.807, 2.05) is 36.1 Å². The lowest BCUT2D eigenvalue weighted by Crippen LogP contribution is -2.49. The molecule has 1 amide bonds. The van der Waals surface area contributed by atoms with Crippen LogP contribution in [0.4, 0.5) is 5.69 Å². The lowest BCUT2D eigenvalue weighted by Gasteiger charge is -2.36. The highest BCUT2D eigenvalue weighted by Gasteiger charge is 2.22. The number of amides is 1. The molecule has 0 spiro atoms. The molecule has 0 radical (unpaired) electrons. The molecule has 0 unspecified atom stereocenters. The van der Waals surface area contributed by atoms with Gasteiger partial charge in [0, 0.05) is 43.4 Å². The average molecular weight is 367 g/mol. The second-order valence-corrected chi connectivity index (χ2v) is 6.79. The van der Waals surface area contributed by atoms with E-state index in [1.54, 1.807) is 4.68 Å². The van der Waals surface area contributed by atoms with E-state index in [9.17, 15) is 4.79 Å². The fourth-order valence-electron chi connectivity index (χ4n) is 2.60. The summed E-state index contributed by atoms with van der Waals surface area (Å²) >= 11 is 7.43. The monoisotopic (exact) mass is 366 g/mol. The molecule has 1 aliphatic rings. The summed E-state index contributed by atoms with van der Waals surface area (Å²) in [6.07, 6.45) is 0. The summed E-state index contributed by atoms with van der Waals surface area (Å²) in [5.74, 6) is 0.480.